The van der Waals surface area contributed by atoms with Gasteiger partial charge in [-0.25, -0.2) is 4.79 Å². The Morgan fingerprint density at radius 3 is 2.76 bits per heavy atom. The third-order valence-corrected chi connectivity index (χ3v) is 6.41. The largest absolute Gasteiger partial charge is 0.506 e. The number of carbonyl (C=O) groups excluding carboxylic acids is 2. The summed E-state index contributed by atoms with van der Waals surface area (Å²) in [5.41, 5.74) is 3.08. The highest BCUT2D eigenvalue weighted by molar-refractivity contribution is 7.14. The molecule has 1 aliphatic rings. The number of esters is 1. The van der Waals surface area contributed by atoms with Gasteiger partial charge in [-0.1, -0.05) is 6.07 Å². The number of benzene rings is 2. The maximum absolute atomic E-state index is 12.6. The second-order valence-corrected chi connectivity index (χ2v) is 8.27. The van der Waals surface area contributed by atoms with Crippen LogP contribution in [-0.4, -0.2) is 42.8 Å². The van der Waals surface area contributed by atoms with E-state index in [-0.39, 0.29) is 34.9 Å². The molecule has 1 aliphatic heterocycles. The first-order valence-corrected chi connectivity index (χ1v) is 11.0. The Labute approximate surface area is 193 Å². The predicted octanol–water partition coefficient (Wildman–Crippen LogP) is 4.93. The van der Waals surface area contributed by atoms with Gasteiger partial charge in [0.2, 0.25) is 0 Å². The Balaban J connectivity index is 1.52. The van der Waals surface area contributed by atoms with Gasteiger partial charge in [0.1, 0.15) is 23.7 Å². The highest BCUT2D eigenvalue weighted by Gasteiger charge is 2.19. The number of ether oxygens (including phenoxy) is 2. The molecule has 168 valence electrons. The summed E-state index contributed by atoms with van der Waals surface area (Å²) < 4.78 is 10.1. The van der Waals surface area contributed by atoms with Crippen LogP contribution in [0.3, 0.4) is 0 Å². The lowest BCUT2D eigenvalue weighted by Crippen LogP contribution is -2.08. The van der Waals surface area contributed by atoms with Crippen molar-refractivity contribution in [3.8, 4) is 21.9 Å². The molecule has 0 spiro atoms. The van der Waals surface area contributed by atoms with Gasteiger partial charge in [0, 0.05) is 28.6 Å². The minimum Gasteiger partial charge on any atom is -0.506 e. The number of nitroso groups, excluding NO2 is 1. The minimum atomic E-state index is -0.711. The molecule has 0 saturated carbocycles. The molecule has 1 aromatic heterocycles. The van der Waals surface area contributed by atoms with Crippen LogP contribution in [0.15, 0.2) is 51.9 Å². The van der Waals surface area contributed by atoms with Crippen LogP contribution in [-0.2, 0) is 11.2 Å². The van der Waals surface area contributed by atoms with E-state index in [4.69, 9.17) is 4.74 Å². The van der Waals surface area contributed by atoms with E-state index in [1.165, 1.54) is 36.6 Å². The summed E-state index contributed by atoms with van der Waals surface area (Å²) in [7, 11) is 1.19. The molecule has 1 N–H and O–H groups in total. The highest BCUT2D eigenvalue weighted by atomic mass is 32.1. The fourth-order valence-corrected chi connectivity index (χ4v) is 4.57. The molecular formula is C24H20N2O6S. The Bertz CT molecular complexity index is 1290. The first kappa shape index (κ1) is 22.3. The van der Waals surface area contributed by atoms with Crippen molar-refractivity contribution in [3.05, 3.63) is 68.9 Å². The first-order chi connectivity index (χ1) is 15.9. The lowest BCUT2D eigenvalue weighted by Gasteiger charge is -2.05. The summed E-state index contributed by atoms with van der Waals surface area (Å²) in [4.78, 5) is 40.4. The Kier molecular flexibility index (Phi) is 6.32. The number of thiophene rings is 1. The highest BCUT2D eigenvalue weighted by Crippen LogP contribution is 2.41. The molecule has 0 saturated heterocycles. The maximum atomic E-state index is 12.6. The van der Waals surface area contributed by atoms with Crippen LogP contribution in [0.1, 0.15) is 38.8 Å². The van der Waals surface area contributed by atoms with Gasteiger partial charge < -0.3 is 14.6 Å². The van der Waals surface area contributed by atoms with Crippen LogP contribution in [0.25, 0.3) is 10.4 Å². The van der Waals surface area contributed by atoms with Crippen LogP contribution in [0.4, 0.5) is 5.69 Å². The maximum Gasteiger partial charge on any atom is 0.340 e. The minimum absolute atomic E-state index is 0.0161. The number of ketones is 1. The van der Waals surface area contributed by atoms with Gasteiger partial charge in [0.25, 0.3) is 0 Å². The summed E-state index contributed by atoms with van der Waals surface area (Å²) in [5, 5.41) is 15.4. The number of rotatable bonds is 7. The quantitative estimate of drug-likeness (QED) is 0.229. The smallest absolute Gasteiger partial charge is 0.340 e. The van der Waals surface area contributed by atoms with Crippen molar-refractivity contribution >= 4 is 34.5 Å². The fourth-order valence-electron chi connectivity index (χ4n) is 3.57. The van der Waals surface area contributed by atoms with Crippen molar-refractivity contribution in [2.24, 2.45) is 10.2 Å². The molecule has 3 aromatic rings. The van der Waals surface area contributed by atoms with Crippen molar-refractivity contribution < 1.29 is 24.2 Å². The SMILES string of the molecule is COC(=O)c1ccc(C(=O)CN=C(C)c2csc(-c3ccc4c(c3)CCO4)c2O)cc1N=O. The van der Waals surface area contributed by atoms with Crippen LogP contribution >= 0.6 is 11.3 Å². The van der Waals surface area contributed by atoms with E-state index in [9.17, 15) is 19.6 Å². The van der Waals surface area contributed by atoms with Crippen LogP contribution in [0, 0.1) is 4.91 Å². The van der Waals surface area contributed by atoms with E-state index in [1.54, 1.807) is 12.3 Å². The van der Waals surface area contributed by atoms with Crippen LogP contribution in [0.5, 0.6) is 11.5 Å². The molecule has 4 rings (SSSR count). The van der Waals surface area contributed by atoms with Crippen LogP contribution < -0.4 is 4.74 Å². The number of hydrogen-bond donors (Lipinski definition) is 1. The molecule has 2 heterocycles. The Hall–Kier alpha value is -3.85. The zero-order valence-corrected chi connectivity index (χ0v) is 18.8. The molecule has 0 radical (unpaired) electrons. The lowest BCUT2D eigenvalue weighted by atomic mass is 10.1. The number of nitrogens with zero attached hydrogens (tertiary/aromatic N) is 2. The average Bonchev–Trinajstić information content (AvgIpc) is 3.47. The number of Topliss-reactive ketones (excluding diaryl/α,β-unsaturated/α-hetero) is 1. The van der Waals surface area contributed by atoms with Crippen LogP contribution in [0.2, 0.25) is 0 Å². The van der Waals surface area contributed by atoms with E-state index < -0.39 is 5.97 Å². The topological polar surface area (TPSA) is 115 Å². The monoisotopic (exact) mass is 464 g/mol. The summed E-state index contributed by atoms with van der Waals surface area (Å²) in [6, 6.07) is 9.82. The number of hydrogen-bond acceptors (Lipinski definition) is 9. The lowest BCUT2D eigenvalue weighted by molar-refractivity contribution is 0.0601. The van der Waals surface area contributed by atoms with Crippen molar-refractivity contribution in [1.29, 1.82) is 0 Å². The van der Waals surface area contributed by atoms with Gasteiger partial charge in [-0.15, -0.1) is 16.2 Å². The molecule has 0 atom stereocenters. The van der Waals surface area contributed by atoms with Gasteiger partial charge in [-0.3, -0.25) is 9.79 Å². The van der Waals surface area contributed by atoms with E-state index >= 15 is 0 Å². The molecule has 0 bridgehead atoms. The van der Waals surface area contributed by atoms with E-state index in [0.29, 0.717) is 17.9 Å². The first-order valence-electron chi connectivity index (χ1n) is 10.1. The summed E-state index contributed by atoms with van der Waals surface area (Å²) in [5.74, 6) is -0.0809. The second-order valence-electron chi connectivity index (χ2n) is 7.39. The molecular weight excluding hydrogens is 444 g/mol. The van der Waals surface area contributed by atoms with Crippen molar-refractivity contribution in [1.82, 2.24) is 0 Å². The zero-order valence-electron chi connectivity index (χ0n) is 18.0. The standard InChI is InChI=1S/C24H20N2O6S/c1-13(25-11-20(27)14-3-5-17(24(29)31-2)19(10-14)26-30)18-12-33-23(22(18)28)16-4-6-21-15(9-16)7-8-32-21/h3-6,9-10,12,28H,7-8,11H2,1-2H3. The molecule has 2 aromatic carbocycles. The normalized spacial score (nSPS) is 12.7. The second kappa shape index (κ2) is 9.33. The average molecular weight is 464 g/mol. The van der Waals surface area contributed by atoms with Crippen molar-refractivity contribution in [3.63, 3.8) is 0 Å². The molecule has 0 fully saturated rings. The number of methoxy groups -OCH3 is 1. The molecule has 0 amide bonds. The Morgan fingerprint density at radius 1 is 1.18 bits per heavy atom. The predicted molar refractivity (Wildman–Crippen MR) is 125 cm³/mol. The number of aromatic hydroxyl groups is 1. The van der Waals surface area contributed by atoms with Gasteiger partial charge in [-0.05, 0) is 53.6 Å². The van der Waals surface area contributed by atoms with Gasteiger partial charge in [0.05, 0.1) is 24.2 Å². The number of aliphatic imine (C=N–C) groups is 1. The third kappa shape index (κ3) is 4.40. The number of fused-ring (bicyclic) bond motifs is 1. The van der Waals surface area contributed by atoms with Gasteiger partial charge in [0.15, 0.2) is 5.78 Å². The summed E-state index contributed by atoms with van der Waals surface area (Å²) >= 11 is 1.40. The van der Waals surface area contributed by atoms with E-state index in [2.05, 4.69) is 14.9 Å². The molecule has 0 aliphatic carbocycles. The van der Waals surface area contributed by atoms with Gasteiger partial charge >= 0.3 is 5.97 Å². The Morgan fingerprint density at radius 2 is 2.00 bits per heavy atom. The fraction of sp³-hybridized carbons (Fsp3) is 0.208. The number of carbonyl (C=O) groups is 2. The third-order valence-electron chi connectivity index (χ3n) is 5.39. The zero-order chi connectivity index (χ0) is 23.5. The van der Waals surface area contributed by atoms with Crippen molar-refractivity contribution in [2.45, 2.75) is 13.3 Å². The van der Waals surface area contributed by atoms with E-state index in [1.807, 2.05) is 18.2 Å². The van der Waals surface area contributed by atoms with Crippen molar-refractivity contribution in [2.75, 3.05) is 20.3 Å². The molecule has 8 nitrogen and oxygen atoms in total. The molecule has 0 unspecified atom stereocenters. The molecule has 9 heteroatoms. The summed E-state index contributed by atoms with van der Waals surface area (Å²) in [6.45, 7) is 2.19. The summed E-state index contributed by atoms with van der Waals surface area (Å²) in [6.07, 6.45) is 0.840. The van der Waals surface area contributed by atoms with E-state index in [0.717, 1.165) is 28.2 Å². The van der Waals surface area contributed by atoms with Gasteiger partial charge in [-0.2, -0.15) is 0 Å². The molecule has 33 heavy (non-hydrogen) atoms.